The molecule has 10 heteroatoms. The number of hydrogen-bond donors (Lipinski definition) is 2. The van der Waals surface area contributed by atoms with Crippen LogP contribution in [-0.2, 0) is 29.0 Å². The summed E-state index contributed by atoms with van der Waals surface area (Å²) in [6.07, 6.45) is 6.43. The van der Waals surface area contributed by atoms with Gasteiger partial charge in [0.15, 0.2) is 5.82 Å². The lowest BCUT2D eigenvalue weighted by Crippen LogP contribution is -2.60. The van der Waals surface area contributed by atoms with Crippen LogP contribution in [0.15, 0.2) is 0 Å². The highest BCUT2D eigenvalue weighted by molar-refractivity contribution is 5.85. The molecule has 0 bridgehead atoms. The van der Waals surface area contributed by atoms with E-state index in [1.54, 1.807) is 0 Å². The Balaban J connectivity index is 0.00000128. The number of fused-ring (bicyclic) bond motifs is 2. The number of hydrogen-bond acceptors (Lipinski definition) is 6. The molecule has 0 spiro atoms. The van der Waals surface area contributed by atoms with Gasteiger partial charge < -0.3 is 19.9 Å². The molecule has 1 amide bonds. The molecule has 30 heavy (non-hydrogen) atoms. The number of morpholine rings is 1. The van der Waals surface area contributed by atoms with Crippen molar-refractivity contribution in [1.82, 2.24) is 30.3 Å². The van der Waals surface area contributed by atoms with Crippen molar-refractivity contribution < 1.29 is 9.53 Å². The predicted octanol–water partition coefficient (Wildman–Crippen LogP) is 1.16. The van der Waals surface area contributed by atoms with E-state index in [0.717, 1.165) is 96.1 Å². The van der Waals surface area contributed by atoms with Crippen LogP contribution < -0.4 is 10.6 Å². The van der Waals surface area contributed by atoms with Gasteiger partial charge in [-0.25, -0.2) is 0 Å². The molecule has 8 nitrogen and oxygen atoms in total. The maximum Gasteiger partial charge on any atom is 0.228 e. The first kappa shape index (κ1) is 23.7. The van der Waals surface area contributed by atoms with Crippen LogP contribution in [0.3, 0.4) is 0 Å². The van der Waals surface area contributed by atoms with Crippen LogP contribution in [0.5, 0.6) is 0 Å². The van der Waals surface area contributed by atoms with Gasteiger partial charge in [-0.3, -0.25) is 9.69 Å². The first-order chi connectivity index (χ1) is 13.8. The second kappa shape index (κ2) is 10.1. The van der Waals surface area contributed by atoms with Crippen LogP contribution in [0.1, 0.15) is 43.8 Å². The van der Waals surface area contributed by atoms with E-state index in [0.29, 0.717) is 18.5 Å². The predicted molar refractivity (Wildman–Crippen MR) is 118 cm³/mol. The fourth-order valence-corrected chi connectivity index (χ4v) is 5.85. The summed E-state index contributed by atoms with van der Waals surface area (Å²) in [4.78, 5) is 16.0. The zero-order valence-corrected chi connectivity index (χ0v) is 19.1. The van der Waals surface area contributed by atoms with Crippen LogP contribution >= 0.6 is 24.8 Å². The average molecular weight is 461 g/mol. The Morgan fingerprint density at radius 3 is 2.87 bits per heavy atom. The number of halogens is 2. The molecule has 2 saturated heterocycles. The van der Waals surface area contributed by atoms with Crippen LogP contribution in [0.2, 0.25) is 0 Å². The van der Waals surface area contributed by atoms with Crippen LogP contribution in [-0.4, -0.2) is 71.0 Å². The van der Waals surface area contributed by atoms with Crippen molar-refractivity contribution in [2.24, 2.45) is 11.3 Å². The molecule has 3 fully saturated rings. The largest absolute Gasteiger partial charge is 0.379 e. The Morgan fingerprint density at radius 1 is 1.20 bits per heavy atom. The lowest BCUT2D eigenvalue weighted by molar-refractivity contribution is -0.140. The van der Waals surface area contributed by atoms with Crippen molar-refractivity contribution >= 4 is 30.7 Å². The van der Waals surface area contributed by atoms with Crippen LogP contribution in [0.25, 0.3) is 0 Å². The molecule has 0 unspecified atom stereocenters. The molecule has 1 aromatic heterocycles. The smallest absolute Gasteiger partial charge is 0.228 e. The second-order valence-corrected chi connectivity index (χ2v) is 8.87. The summed E-state index contributed by atoms with van der Waals surface area (Å²) in [5.41, 5.74) is -0.269. The van der Waals surface area contributed by atoms with Gasteiger partial charge in [0, 0.05) is 38.6 Å². The maximum absolute atomic E-state index is 13.4. The van der Waals surface area contributed by atoms with Gasteiger partial charge in [-0.15, -0.1) is 35.0 Å². The number of nitrogens with one attached hydrogen (secondary N) is 2. The highest BCUT2D eigenvalue weighted by Gasteiger charge is 2.50. The van der Waals surface area contributed by atoms with Crippen molar-refractivity contribution in [3.05, 3.63) is 11.6 Å². The summed E-state index contributed by atoms with van der Waals surface area (Å²) < 4.78 is 7.70. The van der Waals surface area contributed by atoms with Gasteiger partial charge in [0.25, 0.3) is 0 Å². The third-order valence-corrected chi connectivity index (χ3v) is 7.48. The van der Waals surface area contributed by atoms with E-state index in [-0.39, 0.29) is 36.1 Å². The Morgan fingerprint density at radius 2 is 2.03 bits per heavy atom. The molecule has 4 aliphatic rings. The number of piperidine rings is 1. The molecule has 1 saturated carbocycles. The Labute approximate surface area is 190 Å². The third-order valence-electron chi connectivity index (χ3n) is 7.48. The highest BCUT2D eigenvalue weighted by atomic mass is 35.5. The van der Waals surface area contributed by atoms with E-state index >= 15 is 0 Å². The van der Waals surface area contributed by atoms with Gasteiger partial charge in [0.05, 0.1) is 25.2 Å². The molecule has 0 aromatic carbocycles. The minimum Gasteiger partial charge on any atom is -0.379 e. The summed E-state index contributed by atoms with van der Waals surface area (Å²) in [6, 6.07) is 0.604. The molecule has 1 aliphatic carbocycles. The fourth-order valence-electron chi connectivity index (χ4n) is 5.85. The quantitative estimate of drug-likeness (QED) is 0.701. The standard InChI is InChI=1S/C20H32N6O2.2ClH/c27-19(22-13-18-24-23-17-2-1-7-26(17)18)20-5-3-16(25-8-10-28-11-9-25)12-15(20)4-6-21-14-20;;/h15-16,21H,1-14H2,(H,22,27);2*1H/t15-,16-,20-;;/m1../s1. The summed E-state index contributed by atoms with van der Waals surface area (Å²) in [6.45, 7) is 7.05. The highest BCUT2D eigenvalue weighted by Crippen LogP contribution is 2.46. The number of carbonyl (C=O) groups excluding carboxylic acids is 1. The molecule has 170 valence electrons. The number of rotatable bonds is 4. The van der Waals surface area contributed by atoms with Crippen molar-refractivity contribution in [2.45, 2.75) is 57.7 Å². The topological polar surface area (TPSA) is 84.3 Å². The minimum atomic E-state index is -0.269. The first-order valence-electron chi connectivity index (χ1n) is 11.0. The van der Waals surface area contributed by atoms with Crippen molar-refractivity contribution in [3.63, 3.8) is 0 Å². The van der Waals surface area contributed by atoms with Gasteiger partial charge in [-0.05, 0) is 44.6 Å². The van der Waals surface area contributed by atoms with Crippen molar-refractivity contribution in [1.29, 1.82) is 0 Å². The zero-order valence-electron chi connectivity index (χ0n) is 17.5. The van der Waals surface area contributed by atoms with Gasteiger partial charge in [0.2, 0.25) is 5.91 Å². The first-order valence-corrected chi connectivity index (χ1v) is 11.0. The maximum atomic E-state index is 13.4. The Hall–Kier alpha value is -0.930. The van der Waals surface area contributed by atoms with Crippen LogP contribution in [0.4, 0.5) is 0 Å². The molecule has 5 rings (SSSR count). The van der Waals surface area contributed by atoms with Gasteiger partial charge in [-0.1, -0.05) is 0 Å². The zero-order chi connectivity index (χ0) is 19.0. The summed E-state index contributed by atoms with van der Waals surface area (Å²) in [7, 11) is 0. The summed E-state index contributed by atoms with van der Waals surface area (Å²) in [5.74, 6) is 2.63. The molecule has 3 atom stereocenters. The van der Waals surface area contributed by atoms with Gasteiger partial charge in [-0.2, -0.15) is 0 Å². The van der Waals surface area contributed by atoms with E-state index in [9.17, 15) is 4.79 Å². The Kier molecular flexibility index (Phi) is 8.01. The van der Waals surface area contributed by atoms with Gasteiger partial charge in [0.1, 0.15) is 5.82 Å². The van der Waals surface area contributed by atoms with Crippen molar-refractivity contribution in [3.8, 4) is 0 Å². The van der Waals surface area contributed by atoms with E-state index in [1.165, 1.54) is 0 Å². The number of aryl methyl sites for hydroxylation is 1. The third kappa shape index (κ3) is 4.35. The molecule has 3 aliphatic heterocycles. The minimum absolute atomic E-state index is 0. The SMILES string of the molecule is Cl.Cl.O=C(NCc1nnc2n1CCC2)[C@@]12CC[C@@H](N3CCOCC3)C[C@H]1CCNC2. The van der Waals surface area contributed by atoms with E-state index < -0.39 is 0 Å². The van der Waals surface area contributed by atoms with Crippen LogP contribution in [0, 0.1) is 11.3 Å². The monoisotopic (exact) mass is 460 g/mol. The van der Waals surface area contributed by atoms with Gasteiger partial charge >= 0.3 is 0 Å². The van der Waals surface area contributed by atoms with E-state index in [4.69, 9.17) is 4.74 Å². The molecular weight excluding hydrogens is 427 g/mol. The molecular formula is C20H34Cl2N6O2. The summed E-state index contributed by atoms with van der Waals surface area (Å²) in [5, 5.41) is 15.3. The lowest BCUT2D eigenvalue weighted by Gasteiger charge is -2.50. The number of amides is 1. The number of nitrogens with zero attached hydrogens (tertiary/aromatic N) is 4. The number of carbonyl (C=O) groups is 1. The second-order valence-electron chi connectivity index (χ2n) is 8.87. The molecule has 1 aromatic rings. The lowest BCUT2D eigenvalue weighted by atomic mass is 9.61. The number of aromatic nitrogens is 3. The Bertz CT molecular complexity index is 726. The fraction of sp³-hybridized carbons (Fsp3) is 0.850. The molecule has 0 radical (unpaired) electrons. The molecule has 2 N–H and O–H groups in total. The normalized spacial score (nSPS) is 31.1. The van der Waals surface area contributed by atoms with Crippen molar-refractivity contribution in [2.75, 3.05) is 39.4 Å². The summed E-state index contributed by atoms with van der Waals surface area (Å²) >= 11 is 0. The van der Waals surface area contributed by atoms with E-state index in [2.05, 4.69) is 30.3 Å². The number of ether oxygens (including phenoxy) is 1. The average Bonchev–Trinajstić information content (AvgIpc) is 3.36. The van der Waals surface area contributed by atoms with E-state index in [1.807, 2.05) is 0 Å². The molecule has 4 heterocycles.